The lowest BCUT2D eigenvalue weighted by molar-refractivity contribution is -0.124. The molecule has 0 fully saturated rings. The molecule has 27 heavy (non-hydrogen) atoms. The van der Waals surface area contributed by atoms with Crippen molar-refractivity contribution >= 4 is 29.8 Å². The first-order valence-corrected chi connectivity index (χ1v) is 8.27. The Morgan fingerprint density at radius 2 is 1.85 bits per heavy atom. The van der Waals surface area contributed by atoms with Gasteiger partial charge in [0.05, 0.1) is 14.2 Å². The number of nitrogens with one attached hydrogen (secondary N) is 1. The molecule has 0 bridgehead atoms. The summed E-state index contributed by atoms with van der Waals surface area (Å²) in [5, 5.41) is 3.12. The molecule has 2 aromatic rings. The first kappa shape index (κ1) is 20.3. The topological polar surface area (TPSA) is 90.9 Å². The van der Waals surface area contributed by atoms with Gasteiger partial charge in [0.1, 0.15) is 5.56 Å². The maximum atomic E-state index is 12.4. The highest BCUT2D eigenvalue weighted by molar-refractivity contribution is 6.31. The van der Waals surface area contributed by atoms with Crippen LogP contribution in [-0.2, 0) is 16.1 Å². The van der Waals surface area contributed by atoms with Gasteiger partial charge in [-0.25, -0.2) is 4.79 Å². The molecular weight excluding hydrogens is 374 g/mol. The summed E-state index contributed by atoms with van der Waals surface area (Å²) in [5.41, 5.74) is 0.691. The van der Waals surface area contributed by atoms with Gasteiger partial charge in [0.25, 0.3) is 5.91 Å². The largest absolute Gasteiger partial charge is 0.493 e. The first-order valence-electron chi connectivity index (χ1n) is 7.89. The molecule has 1 amide bonds. The number of rotatable bonds is 8. The molecule has 0 aliphatic carbocycles. The molecule has 0 unspecified atom stereocenters. The number of hydrogen-bond donors (Lipinski definition) is 1. The van der Waals surface area contributed by atoms with E-state index in [1.807, 2.05) is 0 Å². The minimum atomic E-state index is -0.874. The van der Waals surface area contributed by atoms with Gasteiger partial charge in [-0.3, -0.25) is 9.59 Å². The quantitative estimate of drug-likeness (QED) is 0.549. The van der Waals surface area contributed by atoms with Gasteiger partial charge in [0.2, 0.25) is 0 Å². The Morgan fingerprint density at radius 1 is 1.11 bits per heavy atom. The summed E-state index contributed by atoms with van der Waals surface area (Å²) in [6.45, 7) is -0.333. The number of hydrogen-bond acceptors (Lipinski definition) is 6. The standard InChI is InChI=1S/C19H18ClNO6/c1-25-15-8-7-13(10-22)17(18(15)26-2)19(24)27-11-16(23)21-9-12-5-3-4-6-14(12)20/h3-8,10H,9,11H2,1-2H3,(H,21,23). The molecule has 1 N–H and O–H groups in total. The Morgan fingerprint density at radius 3 is 2.48 bits per heavy atom. The molecule has 0 aliphatic rings. The van der Waals surface area contributed by atoms with Crippen LogP contribution in [0.15, 0.2) is 36.4 Å². The van der Waals surface area contributed by atoms with Crippen molar-refractivity contribution in [2.45, 2.75) is 6.54 Å². The van der Waals surface area contributed by atoms with Crippen LogP contribution in [0, 0.1) is 0 Å². The molecule has 0 aromatic heterocycles. The highest BCUT2D eigenvalue weighted by Gasteiger charge is 2.23. The molecule has 0 heterocycles. The van der Waals surface area contributed by atoms with Crippen molar-refractivity contribution in [2.75, 3.05) is 20.8 Å². The van der Waals surface area contributed by atoms with Crippen molar-refractivity contribution < 1.29 is 28.6 Å². The fourth-order valence-electron chi connectivity index (χ4n) is 2.34. The molecule has 2 aromatic carbocycles. The van der Waals surface area contributed by atoms with Gasteiger partial charge in [-0.05, 0) is 23.8 Å². The Hall–Kier alpha value is -3.06. The Kier molecular flexibility index (Phi) is 7.19. The molecule has 0 aliphatic heterocycles. The number of methoxy groups -OCH3 is 2. The minimum Gasteiger partial charge on any atom is -0.493 e. The number of carbonyl (C=O) groups is 3. The fraction of sp³-hybridized carbons (Fsp3) is 0.211. The van der Waals surface area contributed by atoms with Gasteiger partial charge in [0.15, 0.2) is 24.4 Å². The average Bonchev–Trinajstić information content (AvgIpc) is 2.69. The van der Waals surface area contributed by atoms with E-state index in [9.17, 15) is 14.4 Å². The first-order chi connectivity index (χ1) is 13.0. The molecule has 142 valence electrons. The fourth-order valence-corrected chi connectivity index (χ4v) is 2.54. The van der Waals surface area contributed by atoms with Crippen LogP contribution in [0.1, 0.15) is 26.3 Å². The summed E-state index contributed by atoms with van der Waals surface area (Å²) in [5.74, 6) is -1.07. The number of carbonyl (C=O) groups excluding carboxylic acids is 3. The van der Waals surface area contributed by atoms with Gasteiger partial charge in [0, 0.05) is 17.1 Å². The molecule has 7 nitrogen and oxygen atoms in total. The van der Waals surface area contributed by atoms with Crippen molar-refractivity contribution in [1.29, 1.82) is 0 Å². The average molecular weight is 392 g/mol. The van der Waals surface area contributed by atoms with Gasteiger partial charge in [-0.2, -0.15) is 0 Å². The van der Waals surface area contributed by atoms with Crippen molar-refractivity contribution in [3.05, 3.63) is 58.1 Å². The van der Waals surface area contributed by atoms with E-state index in [0.717, 1.165) is 5.56 Å². The normalized spacial score (nSPS) is 10.0. The summed E-state index contributed by atoms with van der Waals surface area (Å²) in [6, 6.07) is 9.95. The number of aldehydes is 1. The van der Waals surface area contributed by atoms with Gasteiger partial charge in [-0.15, -0.1) is 0 Å². The monoisotopic (exact) mass is 391 g/mol. The van der Waals surface area contributed by atoms with Crippen molar-refractivity contribution in [2.24, 2.45) is 0 Å². The second-order valence-corrected chi connectivity index (χ2v) is 5.73. The number of ether oxygens (including phenoxy) is 3. The van der Waals surface area contributed by atoms with E-state index >= 15 is 0 Å². The SMILES string of the molecule is COc1ccc(C=O)c(C(=O)OCC(=O)NCc2ccccc2Cl)c1OC. The zero-order chi connectivity index (χ0) is 19.8. The van der Waals surface area contributed by atoms with E-state index in [2.05, 4.69) is 5.32 Å². The van der Waals surface area contributed by atoms with Gasteiger partial charge >= 0.3 is 5.97 Å². The van der Waals surface area contributed by atoms with Crippen LogP contribution in [0.4, 0.5) is 0 Å². The number of benzene rings is 2. The third-order valence-electron chi connectivity index (χ3n) is 3.68. The van der Waals surface area contributed by atoms with Crippen LogP contribution in [0.2, 0.25) is 5.02 Å². The molecule has 0 atom stereocenters. The van der Waals surface area contributed by atoms with E-state index < -0.39 is 18.5 Å². The number of halogens is 1. The number of amides is 1. The molecule has 8 heteroatoms. The molecule has 2 rings (SSSR count). The second kappa shape index (κ2) is 9.59. The molecule has 0 saturated carbocycles. The Labute approximate surface area is 161 Å². The Bertz CT molecular complexity index is 852. The van der Waals surface area contributed by atoms with Crippen molar-refractivity contribution in [3.63, 3.8) is 0 Å². The van der Waals surface area contributed by atoms with E-state index in [1.165, 1.54) is 26.4 Å². The smallest absolute Gasteiger partial charge is 0.343 e. The van der Waals surface area contributed by atoms with Crippen LogP contribution >= 0.6 is 11.6 Å². The Balaban J connectivity index is 2.04. The zero-order valence-electron chi connectivity index (χ0n) is 14.8. The molecule has 0 saturated heterocycles. The zero-order valence-corrected chi connectivity index (χ0v) is 15.5. The van der Waals surface area contributed by atoms with Crippen LogP contribution in [0.3, 0.4) is 0 Å². The van der Waals surface area contributed by atoms with Crippen molar-refractivity contribution in [1.82, 2.24) is 5.32 Å². The van der Waals surface area contributed by atoms with E-state index in [0.29, 0.717) is 11.3 Å². The van der Waals surface area contributed by atoms with Crippen LogP contribution in [0.5, 0.6) is 11.5 Å². The lowest BCUT2D eigenvalue weighted by Gasteiger charge is -2.14. The molecule has 0 radical (unpaired) electrons. The predicted octanol–water partition coefficient (Wildman–Crippen LogP) is 2.64. The minimum absolute atomic E-state index is 0.0589. The van der Waals surface area contributed by atoms with E-state index in [4.69, 9.17) is 25.8 Å². The van der Waals surface area contributed by atoms with Crippen LogP contribution < -0.4 is 14.8 Å². The van der Waals surface area contributed by atoms with Crippen molar-refractivity contribution in [3.8, 4) is 11.5 Å². The molecular formula is C19H18ClNO6. The summed E-state index contributed by atoms with van der Waals surface area (Å²) < 4.78 is 15.3. The third kappa shape index (κ3) is 4.98. The second-order valence-electron chi connectivity index (χ2n) is 5.33. The van der Waals surface area contributed by atoms with Gasteiger partial charge < -0.3 is 19.5 Å². The lowest BCUT2D eigenvalue weighted by Crippen LogP contribution is -2.28. The third-order valence-corrected chi connectivity index (χ3v) is 4.05. The maximum Gasteiger partial charge on any atom is 0.343 e. The lowest BCUT2D eigenvalue weighted by atomic mass is 10.1. The highest BCUT2D eigenvalue weighted by Crippen LogP contribution is 2.33. The predicted molar refractivity (Wildman–Crippen MR) is 98.5 cm³/mol. The number of esters is 1. The summed E-state index contributed by atoms with van der Waals surface area (Å²) in [7, 11) is 2.73. The van der Waals surface area contributed by atoms with E-state index in [-0.39, 0.29) is 29.2 Å². The van der Waals surface area contributed by atoms with E-state index in [1.54, 1.807) is 24.3 Å². The summed E-state index contributed by atoms with van der Waals surface area (Å²) in [4.78, 5) is 35.6. The maximum absolute atomic E-state index is 12.4. The van der Waals surface area contributed by atoms with Crippen LogP contribution in [0.25, 0.3) is 0 Å². The summed E-state index contributed by atoms with van der Waals surface area (Å²) in [6.07, 6.45) is 0.496. The summed E-state index contributed by atoms with van der Waals surface area (Å²) >= 11 is 6.02. The van der Waals surface area contributed by atoms with Gasteiger partial charge in [-0.1, -0.05) is 29.8 Å². The van der Waals surface area contributed by atoms with Crippen LogP contribution in [-0.4, -0.2) is 39.0 Å². The highest BCUT2D eigenvalue weighted by atomic mass is 35.5. The molecule has 0 spiro atoms.